The lowest BCUT2D eigenvalue weighted by atomic mass is 9.99. The molecule has 0 fully saturated rings. The Morgan fingerprint density at radius 2 is 1.97 bits per heavy atom. The van der Waals surface area contributed by atoms with Crippen LogP contribution >= 0.6 is 0 Å². The quantitative estimate of drug-likeness (QED) is 0.475. The van der Waals surface area contributed by atoms with Crippen molar-refractivity contribution < 1.29 is 0 Å². The number of H-pyrrole nitrogens is 1. The molecule has 1 unspecified atom stereocenters. The third kappa shape index (κ3) is 2.99. The number of nitrogens with one attached hydrogen (secondary N) is 2. The standard InChI is InChI=1S/C22H16N8/c1-13(29-22-20-21(26-11-25-20)27-12-28-22)16-9-14-5-4-6-15(10-23)18(14)30-19(16)17-7-2-3-8-24-17/h2-9,11-13H,1H3,(H2,25,26,27,28,29). The number of fused-ring (bicyclic) bond motifs is 2. The first-order valence-corrected chi connectivity index (χ1v) is 9.40. The Morgan fingerprint density at radius 1 is 1.03 bits per heavy atom. The van der Waals surface area contributed by atoms with Crippen LogP contribution < -0.4 is 5.32 Å². The van der Waals surface area contributed by atoms with Crippen LogP contribution in [0.1, 0.15) is 24.1 Å². The van der Waals surface area contributed by atoms with E-state index in [0.29, 0.717) is 28.1 Å². The molecule has 0 aliphatic carbocycles. The Bertz CT molecular complexity index is 1400. The summed E-state index contributed by atoms with van der Waals surface area (Å²) in [5.74, 6) is 0.631. The Morgan fingerprint density at radius 3 is 2.80 bits per heavy atom. The van der Waals surface area contributed by atoms with E-state index in [1.807, 2.05) is 43.3 Å². The second-order valence-electron chi connectivity index (χ2n) is 6.82. The first-order chi connectivity index (χ1) is 14.7. The highest BCUT2D eigenvalue weighted by Gasteiger charge is 2.19. The van der Waals surface area contributed by atoms with Crippen molar-refractivity contribution >= 4 is 27.9 Å². The highest BCUT2D eigenvalue weighted by molar-refractivity contribution is 5.88. The van der Waals surface area contributed by atoms with E-state index in [-0.39, 0.29) is 6.04 Å². The lowest BCUT2D eigenvalue weighted by Gasteiger charge is -2.19. The van der Waals surface area contributed by atoms with Crippen molar-refractivity contribution in [1.82, 2.24) is 29.9 Å². The highest BCUT2D eigenvalue weighted by Crippen LogP contribution is 2.32. The fraction of sp³-hybridized carbons (Fsp3) is 0.0909. The Balaban J connectivity index is 1.67. The predicted octanol–water partition coefficient (Wildman–Crippen LogP) is 4.01. The number of hydrogen-bond acceptors (Lipinski definition) is 7. The number of anilines is 1. The summed E-state index contributed by atoms with van der Waals surface area (Å²) in [6.45, 7) is 2.03. The van der Waals surface area contributed by atoms with Crippen LogP contribution in [-0.2, 0) is 0 Å². The molecule has 5 aromatic rings. The van der Waals surface area contributed by atoms with Crippen LogP contribution in [-0.4, -0.2) is 29.9 Å². The summed E-state index contributed by atoms with van der Waals surface area (Å²) in [6.07, 6.45) is 4.82. The molecular formula is C22H16N8. The summed E-state index contributed by atoms with van der Waals surface area (Å²) in [5.41, 5.74) is 4.93. The van der Waals surface area contributed by atoms with E-state index in [9.17, 15) is 5.26 Å². The van der Waals surface area contributed by atoms with Crippen LogP contribution in [0.4, 0.5) is 5.82 Å². The van der Waals surface area contributed by atoms with Gasteiger partial charge in [-0.25, -0.2) is 19.9 Å². The van der Waals surface area contributed by atoms with Gasteiger partial charge in [0.2, 0.25) is 0 Å². The SMILES string of the molecule is CC(Nc1ncnc2[nH]cnc12)c1cc2cccc(C#N)c2nc1-c1ccccn1. The van der Waals surface area contributed by atoms with Gasteiger partial charge in [0.05, 0.1) is 34.8 Å². The van der Waals surface area contributed by atoms with E-state index in [2.05, 4.69) is 36.3 Å². The van der Waals surface area contributed by atoms with Crippen molar-refractivity contribution in [3.05, 3.63) is 72.4 Å². The number of pyridine rings is 2. The van der Waals surface area contributed by atoms with Gasteiger partial charge in [-0.05, 0) is 31.2 Å². The molecule has 2 N–H and O–H groups in total. The minimum atomic E-state index is -0.153. The molecule has 30 heavy (non-hydrogen) atoms. The molecule has 0 aliphatic rings. The van der Waals surface area contributed by atoms with E-state index in [1.54, 1.807) is 18.6 Å². The summed E-state index contributed by atoms with van der Waals surface area (Å²) in [5, 5.41) is 13.8. The molecule has 1 aromatic carbocycles. The van der Waals surface area contributed by atoms with Crippen LogP contribution in [0.3, 0.4) is 0 Å². The van der Waals surface area contributed by atoms with Gasteiger partial charge in [0.15, 0.2) is 11.5 Å². The normalized spacial score (nSPS) is 12.0. The molecule has 0 saturated carbocycles. The third-order valence-corrected chi connectivity index (χ3v) is 4.94. The van der Waals surface area contributed by atoms with Crippen LogP contribution in [0.15, 0.2) is 61.3 Å². The van der Waals surface area contributed by atoms with Gasteiger partial charge in [-0.2, -0.15) is 5.26 Å². The summed E-state index contributed by atoms with van der Waals surface area (Å²) < 4.78 is 0. The molecule has 4 heterocycles. The number of aromatic amines is 1. The molecule has 0 saturated heterocycles. The topological polar surface area (TPSA) is 116 Å². The predicted molar refractivity (Wildman–Crippen MR) is 113 cm³/mol. The van der Waals surface area contributed by atoms with Crippen molar-refractivity contribution in [3.8, 4) is 17.5 Å². The van der Waals surface area contributed by atoms with Crippen LogP contribution in [0.5, 0.6) is 0 Å². The molecule has 4 aromatic heterocycles. The maximum absolute atomic E-state index is 9.51. The van der Waals surface area contributed by atoms with E-state index in [0.717, 1.165) is 22.3 Å². The minimum Gasteiger partial charge on any atom is -0.362 e. The molecule has 0 bridgehead atoms. The van der Waals surface area contributed by atoms with Crippen molar-refractivity contribution in [1.29, 1.82) is 5.26 Å². The number of nitrogens with zero attached hydrogens (tertiary/aromatic N) is 6. The number of aromatic nitrogens is 6. The van der Waals surface area contributed by atoms with E-state index < -0.39 is 0 Å². The van der Waals surface area contributed by atoms with Crippen molar-refractivity contribution in [3.63, 3.8) is 0 Å². The summed E-state index contributed by atoms with van der Waals surface area (Å²) in [6, 6.07) is 15.4. The van der Waals surface area contributed by atoms with E-state index >= 15 is 0 Å². The van der Waals surface area contributed by atoms with Gasteiger partial charge in [-0.1, -0.05) is 18.2 Å². The van der Waals surface area contributed by atoms with Gasteiger partial charge >= 0.3 is 0 Å². The largest absolute Gasteiger partial charge is 0.362 e. The van der Waals surface area contributed by atoms with Crippen molar-refractivity contribution in [2.45, 2.75) is 13.0 Å². The molecule has 8 nitrogen and oxygen atoms in total. The van der Waals surface area contributed by atoms with Gasteiger partial charge in [-0.3, -0.25) is 4.98 Å². The summed E-state index contributed by atoms with van der Waals surface area (Å²) in [7, 11) is 0. The Kier molecular flexibility index (Phi) is 4.26. The maximum atomic E-state index is 9.51. The molecule has 5 rings (SSSR count). The minimum absolute atomic E-state index is 0.153. The van der Waals surface area contributed by atoms with Crippen LogP contribution in [0.25, 0.3) is 33.5 Å². The van der Waals surface area contributed by atoms with E-state index in [4.69, 9.17) is 4.98 Å². The average Bonchev–Trinajstić information content (AvgIpc) is 3.28. The number of nitriles is 1. The molecule has 1 atom stereocenters. The lowest BCUT2D eigenvalue weighted by Crippen LogP contribution is -2.11. The Labute approximate surface area is 171 Å². The van der Waals surface area contributed by atoms with Crippen LogP contribution in [0, 0.1) is 11.3 Å². The van der Waals surface area contributed by atoms with Gasteiger partial charge in [0.1, 0.15) is 17.9 Å². The molecule has 8 heteroatoms. The maximum Gasteiger partial charge on any atom is 0.162 e. The van der Waals surface area contributed by atoms with Gasteiger partial charge < -0.3 is 10.3 Å². The smallest absolute Gasteiger partial charge is 0.162 e. The Hall–Kier alpha value is -4.38. The number of imidazole rings is 1. The summed E-state index contributed by atoms with van der Waals surface area (Å²) in [4.78, 5) is 25.2. The molecule has 0 amide bonds. The zero-order valence-corrected chi connectivity index (χ0v) is 16.0. The molecule has 0 aliphatic heterocycles. The number of para-hydroxylation sites is 1. The second kappa shape index (κ2) is 7.22. The number of benzene rings is 1. The average molecular weight is 392 g/mol. The fourth-order valence-corrected chi connectivity index (χ4v) is 3.50. The molecule has 144 valence electrons. The van der Waals surface area contributed by atoms with E-state index in [1.165, 1.54) is 6.33 Å². The summed E-state index contributed by atoms with van der Waals surface area (Å²) >= 11 is 0. The molecule has 0 spiro atoms. The number of hydrogen-bond donors (Lipinski definition) is 2. The lowest BCUT2D eigenvalue weighted by molar-refractivity contribution is 0.872. The van der Waals surface area contributed by atoms with Gasteiger partial charge in [0.25, 0.3) is 0 Å². The zero-order valence-electron chi connectivity index (χ0n) is 16.0. The number of rotatable bonds is 4. The second-order valence-corrected chi connectivity index (χ2v) is 6.82. The van der Waals surface area contributed by atoms with Crippen LogP contribution in [0.2, 0.25) is 0 Å². The van der Waals surface area contributed by atoms with Gasteiger partial charge in [-0.15, -0.1) is 0 Å². The van der Waals surface area contributed by atoms with Gasteiger partial charge in [0, 0.05) is 17.1 Å². The van der Waals surface area contributed by atoms with Crippen molar-refractivity contribution in [2.75, 3.05) is 5.32 Å². The third-order valence-electron chi connectivity index (χ3n) is 4.94. The zero-order chi connectivity index (χ0) is 20.5. The first-order valence-electron chi connectivity index (χ1n) is 9.40. The molecule has 0 radical (unpaired) electrons. The highest BCUT2D eigenvalue weighted by atomic mass is 15.1. The van der Waals surface area contributed by atoms with Crippen molar-refractivity contribution in [2.24, 2.45) is 0 Å². The fourth-order valence-electron chi connectivity index (χ4n) is 3.50. The molecular weight excluding hydrogens is 376 g/mol. The monoisotopic (exact) mass is 392 g/mol. The first kappa shape index (κ1) is 17.7.